The number of anilines is 1. The van der Waals surface area contributed by atoms with E-state index in [9.17, 15) is 8.60 Å². The quantitative estimate of drug-likeness (QED) is 0.547. The molecule has 0 spiro atoms. The number of ether oxygens (including phenoxy) is 1. The van der Waals surface area contributed by atoms with Crippen LogP contribution in [0.25, 0.3) is 22.2 Å². The predicted octanol–water partition coefficient (Wildman–Crippen LogP) is 4.04. The molecule has 0 saturated heterocycles. The van der Waals surface area contributed by atoms with Crippen LogP contribution >= 0.6 is 11.3 Å². The summed E-state index contributed by atoms with van der Waals surface area (Å²) in [6.45, 7) is 0. The molecule has 0 amide bonds. The van der Waals surface area contributed by atoms with Crippen LogP contribution in [-0.4, -0.2) is 26.3 Å². The summed E-state index contributed by atoms with van der Waals surface area (Å²) >= 11 is 1.37. The minimum absolute atomic E-state index is 0.382. The Bertz CT molecular complexity index is 1140. The maximum atomic E-state index is 13.5. The van der Waals surface area contributed by atoms with Gasteiger partial charge >= 0.3 is 0 Å². The maximum absolute atomic E-state index is 13.5. The molecule has 1 unspecified atom stereocenters. The monoisotopic (exact) mass is 400 g/mol. The number of benzene rings is 2. The van der Waals surface area contributed by atoms with Gasteiger partial charge in [0.2, 0.25) is 0 Å². The Kier molecular flexibility index (Phi) is 4.78. The topological polar surface area (TPSA) is 77.0 Å². The average molecular weight is 400 g/mol. The SMILES string of the molecule is COc1cc(F)ccc1-c1ncnc2cc(S(=O)Nc3nccs3)ccc12. The molecule has 2 heterocycles. The first-order chi connectivity index (χ1) is 13.2. The van der Waals surface area contributed by atoms with E-state index in [1.54, 1.807) is 35.8 Å². The molecule has 0 fully saturated rings. The first kappa shape index (κ1) is 17.5. The van der Waals surface area contributed by atoms with E-state index >= 15 is 0 Å². The number of thiazole rings is 1. The molecule has 9 heteroatoms. The number of aromatic nitrogens is 3. The zero-order valence-corrected chi connectivity index (χ0v) is 15.7. The normalized spacial score (nSPS) is 12.1. The largest absolute Gasteiger partial charge is 0.496 e. The van der Waals surface area contributed by atoms with Gasteiger partial charge in [0, 0.05) is 28.6 Å². The van der Waals surface area contributed by atoms with Crippen LogP contribution in [0.4, 0.5) is 9.52 Å². The molecule has 6 nitrogen and oxygen atoms in total. The van der Waals surface area contributed by atoms with Gasteiger partial charge in [0.25, 0.3) is 0 Å². The fourth-order valence-electron chi connectivity index (χ4n) is 2.64. The molecule has 27 heavy (non-hydrogen) atoms. The van der Waals surface area contributed by atoms with E-state index in [1.165, 1.54) is 36.9 Å². The summed E-state index contributed by atoms with van der Waals surface area (Å²) in [6, 6.07) is 9.54. The van der Waals surface area contributed by atoms with Gasteiger partial charge in [-0.15, -0.1) is 11.3 Å². The van der Waals surface area contributed by atoms with E-state index in [4.69, 9.17) is 4.74 Å². The standard InChI is InChI=1S/C18H13FN4O2S2/c1-25-16-8-11(19)2-4-14(16)17-13-5-3-12(9-15(13)21-10-22-17)27(24)23-18-20-6-7-26-18/h2-10H,1H3,(H,20,23). The van der Waals surface area contributed by atoms with Crippen molar-refractivity contribution in [2.75, 3.05) is 11.8 Å². The Morgan fingerprint density at radius 3 is 2.81 bits per heavy atom. The van der Waals surface area contributed by atoms with Gasteiger partial charge in [-0.1, -0.05) is 0 Å². The van der Waals surface area contributed by atoms with Crippen LogP contribution < -0.4 is 9.46 Å². The summed E-state index contributed by atoms with van der Waals surface area (Å²) < 4.78 is 34.1. The van der Waals surface area contributed by atoms with E-state index in [-0.39, 0.29) is 5.82 Å². The van der Waals surface area contributed by atoms with Crippen LogP contribution in [-0.2, 0) is 11.0 Å². The summed E-state index contributed by atoms with van der Waals surface area (Å²) in [6.07, 6.45) is 3.06. The average Bonchev–Trinajstić information content (AvgIpc) is 3.20. The van der Waals surface area contributed by atoms with Crippen molar-refractivity contribution < 1.29 is 13.3 Å². The lowest BCUT2D eigenvalue weighted by molar-refractivity contribution is 0.413. The molecular weight excluding hydrogens is 387 g/mol. The first-order valence-electron chi connectivity index (χ1n) is 7.82. The van der Waals surface area contributed by atoms with Gasteiger partial charge in [-0.3, -0.25) is 4.72 Å². The summed E-state index contributed by atoms with van der Waals surface area (Å²) in [5, 5.41) is 3.13. The van der Waals surface area contributed by atoms with Gasteiger partial charge in [-0.05, 0) is 30.3 Å². The number of fused-ring (bicyclic) bond motifs is 1. The molecule has 1 atom stereocenters. The Hall–Kier alpha value is -2.91. The number of nitrogens with one attached hydrogen (secondary N) is 1. The smallest absolute Gasteiger partial charge is 0.194 e. The zero-order chi connectivity index (χ0) is 18.8. The lowest BCUT2D eigenvalue weighted by Gasteiger charge is -2.11. The van der Waals surface area contributed by atoms with Crippen molar-refractivity contribution in [3.63, 3.8) is 0 Å². The van der Waals surface area contributed by atoms with Gasteiger partial charge in [0.05, 0.1) is 23.2 Å². The highest BCUT2D eigenvalue weighted by Crippen LogP contribution is 2.33. The third-order valence-corrected chi connectivity index (χ3v) is 5.73. The van der Waals surface area contributed by atoms with Crippen LogP contribution in [0.2, 0.25) is 0 Å². The van der Waals surface area contributed by atoms with E-state index in [0.29, 0.717) is 32.6 Å². The summed E-state index contributed by atoms with van der Waals surface area (Å²) in [7, 11) is 0.0136. The molecular formula is C18H13FN4O2S2. The fourth-order valence-corrected chi connectivity index (χ4v) is 4.17. The molecule has 4 rings (SSSR count). The number of rotatable bonds is 5. The summed E-state index contributed by atoms with van der Waals surface area (Å²) in [4.78, 5) is 13.2. The molecule has 136 valence electrons. The van der Waals surface area contributed by atoms with Crippen LogP contribution in [0.5, 0.6) is 5.75 Å². The Morgan fingerprint density at radius 1 is 1.15 bits per heavy atom. The molecule has 0 aliphatic rings. The zero-order valence-electron chi connectivity index (χ0n) is 14.0. The van der Waals surface area contributed by atoms with Crippen molar-refractivity contribution in [1.29, 1.82) is 0 Å². The van der Waals surface area contributed by atoms with E-state index in [2.05, 4.69) is 19.7 Å². The highest BCUT2D eigenvalue weighted by atomic mass is 32.2. The summed E-state index contributed by atoms with van der Waals surface area (Å²) in [5.74, 6) is -0.00649. The van der Waals surface area contributed by atoms with Crippen molar-refractivity contribution in [2.24, 2.45) is 0 Å². The molecule has 0 saturated carbocycles. The molecule has 2 aromatic carbocycles. The molecule has 1 N–H and O–H groups in total. The van der Waals surface area contributed by atoms with Crippen molar-refractivity contribution in [3.05, 3.63) is 60.1 Å². The van der Waals surface area contributed by atoms with Gasteiger partial charge in [0.15, 0.2) is 16.1 Å². The van der Waals surface area contributed by atoms with Crippen LogP contribution in [0.3, 0.4) is 0 Å². The second kappa shape index (κ2) is 7.37. The fraction of sp³-hybridized carbons (Fsp3) is 0.0556. The highest BCUT2D eigenvalue weighted by Gasteiger charge is 2.14. The molecule has 2 aromatic heterocycles. The number of methoxy groups -OCH3 is 1. The lowest BCUT2D eigenvalue weighted by atomic mass is 10.1. The maximum Gasteiger partial charge on any atom is 0.194 e. The number of halogens is 1. The Labute approximate surface area is 160 Å². The van der Waals surface area contributed by atoms with Crippen molar-refractivity contribution in [3.8, 4) is 17.0 Å². The number of nitrogens with zero attached hydrogens (tertiary/aromatic N) is 3. The van der Waals surface area contributed by atoms with E-state index in [1.807, 2.05) is 0 Å². The number of hydrogen-bond acceptors (Lipinski definition) is 6. The second-order valence-corrected chi connectivity index (χ2v) is 7.56. The van der Waals surface area contributed by atoms with Gasteiger partial charge in [-0.2, -0.15) is 0 Å². The predicted molar refractivity (Wildman–Crippen MR) is 104 cm³/mol. The third kappa shape index (κ3) is 3.51. The van der Waals surface area contributed by atoms with Crippen molar-refractivity contribution in [1.82, 2.24) is 15.0 Å². The number of hydrogen-bond donors (Lipinski definition) is 1. The lowest BCUT2D eigenvalue weighted by Crippen LogP contribution is -2.04. The minimum atomic E-state index is -1.47. The van der Waals surface area contributed by atoms with Crippen LogP contribution in [0.15, 0.2) is 59.2 Å². The van der Waals surface area contributed by atoms with Gasteiger partial charge in [0.1, 0.15) is 17.9 Å². The molecule has 4 aromatic rings. The molecule has 0 aliphatic carbocycles. The molecule has 0 aliphatic heterocycles. The Balaban J connectivity index is 1.76. The van der Waals surface area contributed by atoms with Crippen molar-refractivity contribution in [2.45, 2.75) is 4.90 Å². The highest BCUT2D eigenvalue weighted by molar-refractivity contribution is 7.86. The minimum Gasteiger partial charge on any atom is -0.496 e. The first-order valence-corrected chi connectivity index (χ1v) is 9.85. The van der Waals surface area contributed by atoms with Crippen LogP contribution in [0.1, 0.15) is 0 Å². The van der Waals surface area contributed by atoms with E-state index < -0.39 is 11.0 Å². The molecule has 0 radical (unpaired) electrons. The molecule has 0 bridgehead atoms. The van der Waals surface area contributed by atoms with Crippen LogP contribution in [0, 0.1) is 5.82 Å². The van der Waals surface area contributed by atoms with Gasteiger partial charge < -0.3 is 4.74 Å². The summed E-state index contributed by atoms with van der Waals surface area (Å²) in [5.41, 5.74) is 1.89. The van der Waals surface area contributed by atoms with E-state index in [0.717, 1.165) is 5.39 Å². The Morgan fingerprint density at radius 2 is 2.04 bits per heavy atom. The van der Waals surface area contributed by atoms with Crippen molar-refractivity contribution >= 4 is 38.4 Å². The van der Waals surface area contributed by atoms with Gasteiger partial charge in [-0.25, -0.2) is 23.6 Å². The third-order valence-electron chi connectivity index (χ3n) is 3.85. The second-order valence-electron chi connectivity index (χ2n) is 5.45.